The van der Waals surface area contributed by atoms with E-state index in [0.29, 0.717) is 11.3 Å². The van der Waals surface area contributed by atoms with Gasteiger partial charge >= 0.3 is 0 Å². The lowest BCUT2D eigenvalue weighted by molar-refractivity contribution is 0.102. The zero-order valence-electron chi connectivity index (χ0n) is 15.1. The molecule has 0 unspecified atom stereocenters. The Balaban J connectivity index is 1.62. The first-order chi connectivity index (χ1) is 13.0. The molecule has 27 heavy (non-hydrogen) atoms. The van der Waals surface area contributed by atoms with Gasteiger partial charge in [-0.3, -0.25) is 14.9 Å². The van der Waals surface area contributed by atoms with E-state index in [-0.39, 0.29) is 11.3 Å². The van der Waals surface area contributed by atoms with Crippen LogP contribution in [0.5, 0.6) is 0 Å². The van der Waals surface area contributed by atoms with E-state index < -0.39 is 0 Å². The van der Waals surface area contributed by atoms with Crippen molar-refractivity contribution in [3.8, 4) is 11.4 Å². The minimum absolute atomic E-state index is 0.0527. The van der Waals surface area contributed by atoms with Crippen LogP contribution >= 0.6 is 0 Å². The van der Waals surface area contributed by atoms with Gasteiger partial charge in [0.15, 0.2) is 0 Å². The number of hydrogen-bond acceptors (Lipinski definition) is 3. The largest absolute Gasteiger partial charge is 0.353 e. The highest BCUT2D eigenvalue weighted by atomic mass is 16.1. The molecule has 3 aromatic heterocycles. The van der Waals surface area contributed by atoms with Crippen molar-refractivity contribution in [2.75, 3.05) is 5.32 Å². The summed E-state index contributed by atoms with van der Waals surface area (Å²) < 4.78 is 0. The van der Waals surface area contributed by atoms with Gasteiger partial charge in [-0.2, -0.15) is 5.10 Å². The van der Waals surface area contributed by atoms with Gasteiger partial charge in [0, 0.05) is 34.4 Å². The Hall–Kier alpha value is -3.41. The molecule has 1 aliphatic carbocycles. The zero-order valence-corrected chi connectivity index (χ0v) is 15.1. The predicted octanol–water partition coefficient (Wildman–Crippen LogP) is 4.04. The van der Waals surface area contributed by atoms with Crippen molar-refractivity contribution in [2.45, 2.75) is 25.7 Å². The molecule has 0 spiro atoms. The maximum atomic E-state index is 12.7. The van der Waals surface area contributed by atoms with Gasteiger partial charge in [0.05, 0.1) is 17.6 Å². The molecule has 0 fully saturated rings. The lowest BCUT2D eigenvalue weighted by Gasteiger charge is -2.29. The predicted molar refractivity (Wildman–Crippen MR) is 105 cm³/mol. The highest BCUT2D eigenvalue weighted by molar-refractivity contribution is 6.07. The fourth-order valence-electron chi connectivity index (χ4n) is 4.08. The summed E-state index contributed by atoms with van der Waals surface area (Å²) in [5, 5.41) is 11.4. The van der Waals surface area contributed by atoms with Crippen LogP contribution in [-0.4, -0.2) is 26.1 Å². The Bertz CT molecular complexity index is 1170. The number of nitrogens with zero attached hydrogens (tertiary/aromatic N) is 2. The summed E-state index contributed by atoms with van der Waals surface area (Å²) in [7, 11) is 0. The van der Waals surface area contributed by atoms with Crippen molar-refractivity contribution < 1.29 is 4.79 Å². The van der Waals surface area contributed by atoms with Crippen molar-refractivity contribution in [2.24, 2.45) is 0 Å². The standard InChI is InChI=1S/C21H19N5O/c1-21(2)9-13-10-23-26-18(13)19-17(21)15-8-12(5-6-16(15)25-19)20(27)24-14-4-3-7-22-11-14/h3-8,10-11,25H,9H2,1-2H3,(H,23,26)(H,24,27). The van der Waals surface area contributed by atoms with Gasteiger partial charge in [-0.05, 0) is 47.7 Å². The molecule has 134 valence electrons. The van der Waals surface area contributed by atoms with Crippen molar-refractivity contribution in [1.29, 1.82) is 0 Å². The molecule has 3 N–H and O–H groups in total. The molecule has 1 aromatic carbocycles. The first-order valence-electron chi connectivity index (χ1n) is 8.93. The van der Waals surface area contributed by atoms with Crippen molar-refractivity contribution in [3.63, 3.8) is 0 Å². The number of amides is 1. The Kier molecular flexibility index (Phi) is 3.25. The number of rotatable bonds is 2. The number of anilines is 1. The highest BCUT2D eigenvalue weighted by Crippen LogP contribution is 2.45. The third-order valence-corrected chi connectivity index (χ3v) is 5.25. The summed E-state index contributed by atoms with van der Waals surface area (Å²) in [5.74, 6) is -0.145. The van der Waals surface area contributed by atoms with E-state index in [4.69, 9.17) is 0 Å². The minimum Gasteiger partial charge on any atom is -0.353 e. The van der Waals surface area contributed by atoms with Crippen molar-refractivity contribution in [1.82, 2.24) is 20.2 Å². The second-order valence-corrected chi connectivity index (χ2v) is 7.65. The molecule has 0 saturated heterocycles. The van der Waals surface area contributed by atoms with E-state index in [9.17, 15) is 4.79 Å². The monoisotopic (exact) mass is 357 g/mol. The molecule has 4 aromatic rings. The van der Waals surface area contributed by atoms with Gasteiger partial charge < -0.3 is 10.3 Å². The summed E-state index contributed by atoms with van der Waals surface area (Å²) in [5.41, 5.74) is 6.72. The number of nitrogens with one attached hydrogen (secondary N) is 3. The maximum Gasteiger partial charge on any atom is 0.255 e. The topological polar surface area (TPSA) is 86.5 Å². The fraction of sp³-hybridized carbons (Fsp3) is 0.190. The van der Waals surface area contributed by atoms with E-state index in [1.165, 1.54) is 11.1 Å². The number of carbonyl (C=O) groups is 1. The Labute approximate surface area is 156 Å². The maximum absolute atomic E-state index is 12.7. The van der Waals surface area contributed by atoms with Gasteiger partial charge in [-0.1, -0.05) is 13.8 Å². The molecule has 0 atom stereocenters. The zero-order chi connectivity index (χ0) is 18.6. The van der Waals surface area contributed by atoms with Crippen molar-refractivity contribution >= 4 is 22.5 Å². The summed E-state index contributed by atoms with van der Waals surface area (Å²) in [6.07, 6.45) is 6.19. The van der Waals surface area contributed by atoms with E-state index in [2.05, 4.69) is 39.3 Å². The summed E-state index contributed by atoms with van der Waals surface area (Å²) in [6, 6.07) is 9.40. The fourth-order valence-corrected chi connectivity index (χ4v) is 4.08. The van der Waals surface area contributed by atoms with Gasteiger partial charge in [0.25, 0.3) is 5.91 Å². The third-order valence-electron chi connectivity index (χ3n) is 5.25. The number of aromatic amines is 2. The van der Waals surface area contributed by atoms with Crippen LogP contribution in [0.4, 0.5) is 5.69 Å². The Morgan fingerprint density at radius 1 is 1.26 bits per heavy atom. The lowest BCUT2D eigenvalue weighted by atomic mass is 9.73. The van der Waals surface area contributed by atoms with Crippen LogP contribution in [0.1, 0.15) is 35.3 Å². The Morgan fingerprint density at radius 3 is 2.96 bits per heavy atom. The molecule has 0 saturated carbocycles. The second kappa shape index (κ2) is 5.54. The quantitative estimate of drug-likeness (QED) is 0.506. The average Bonchev–Trinajstić information content (AvgIpc) is 3.25. The summed E-state index contributed by atoms with van der Waals surface area (Å²) >= 11 is 0. The SMILES string of the molecule is CC1(C)Cc2c[nH]nc2-c2[nH]c3ccc(C(=O)Nc4cccnc4)cc3c21. The molecule has 5 rings (SSSR count). The van der Waals surface area contributed by atoms with Crippen LogP contribution in [-0.2, 0) is 11.8 Å². The molecule has 6 nitrogen and oxygen atoms in total. The van der Waals surface area contributed by atoms with E-state index in [1.54, 1.807) is 18.5 Å². The third kappa shape index (κ3) is 2.44. The van der Waals surface area contributed by atoms with E-state index >= 15 is 0 Å². The first-order valence-corrected chi connectivity index (χ1v) is 8.93. The van der Waals surface area contributed by atoms with Crippen LogP contribution in [0.15, 0.2) is 48.9 Å². The molecule has 0 bridgehead atoms. The molecule has 0 radical (unpaired) electrons. The van der Waals surface area contributed by atoms with Gasteiger partial charge in [0.2, 0.25) is 0 Å². The van der Waals surface area contributed by atoms with Gasteiger partial charge in [-0.15, -0.1) is 0 Å². The van der Waals surface area contributed by atoms with Crippen molar-refractivity contribution in [3.05, 3.63) is 65.6 Å². The normalized spacial score (nSPS) is 14.6. The molecule has 0 aliphatic heterocycles. The van der Waals surface area contributed by atoms with Gasteiger partial charge in [0.1, 0.15) is 5.69 Å². The average molecular weight is 357 g/mol. The number of aromatic nitrogens is 4. The van der Waals surface area contributed by atoms with Crippen LogP contribution in [0.3, 0.4) is 0 Å². The molecule has 1 aliphatic rings. The molecule has 3 heterocycles. The molecular formula is C21H19N5O. The smallest absolute Gasteiger partial charge is 0.255 e. The Morgan fingerprint density at radius 2 is 2.15 bits per heavy atom. The molecule has 1 amide bonds. The van der Waals surface area contributed by atoms with Crippen LogP contribution in [0.25, 0.3) is 22.3 Å². The van der Waals surface area contributed by atoms with Crippen LogP contribution < -0.4 is 5.32 Å². The number of hydrogen-bond donors (Lipinski definition) is 3. The number of H-pyrrole nitrogens is 2. The van der Waals surface area contributed by atoms with Crippen LogP contribution in [0.2, 0.25) is 0 Å². The van der Waals surface area contributed by atoms with Crippen LogP contribution in [0, 0.1) is 0 Å². The summed E-state index contributed by atoms with van der Waals surface area (Å²) in [6.45, 7) is 4.47. The van der Waals surface area contributed by atoms with E-state index in [1.807, 2.05) is 30.5 Å². The lowest BCUT2D eigenvalue weighted by Crippen LogP contribution is -2.24. The number of carbonyl (C=O) groups excluding carboxylic acids is 1. The van der Waals surface area contributed by atoms with Gasteiger partial charge in [-0.25, -0.2) is 0 Å². The number of fused-ring (bicyclic) bond motifs is 5. The number of pyridine rings is 1. The van der Waals surface area contributed by atoms with E-state index in [0.717, 1.165) is 28.7 Å². The number of benzene rings is 1. The minimum atomic E-state index is -0.145. The molecular weight excluding hydrogens is 338 g/mol. The second-order valence-electron chi connectivity index (χ2n) is 7.65. The first kappa shape index (κ1) is 15.8. The molecule has 6 heteroatoms. The summed E-state index contributed by atoms with van der Waals surface area (Å²) in [4.78, 5) is 20.2. The highest BCUT2D eigenvalue weighted by Gasteiger charge is 2.35.